The van der Waals surface area contributed by atoms with Crippen molar-refractivity contribution in [3.8, 4) is 11.5 Å². The van der Waals surface area contributed by atoms with E-state index in [9.17, 15) is 13.2 Å². The van der Waals surface area contributed by atoms with Crippen LogP contribution in [0, 0.1) is 0 Å². The van der Waals surface area contributed by atoms with Gasteiger partial charge in [0.05, 0.1) is 11.9 Å². The lowest BCUT2D eigenvalue weighted by molar-refractivity contribution is -0.116. The minimum absolute atomic E-state index is 0.351. The van der Waals surface area contributed by atoms with Crippen molar-refractivity contribution >= 4 is 27.3 Å². The summed E-state index contributed by atoms with van der Waals surface area (Å²) in [7, 11) is -3.74. The minimum Gasteiger partial charge on any atom is -0.486 e. The number of aryl methyl sites for hydroxylation is 2. The number of amides is 1. The van der Waals surface area contributed by atoms with Gasteiger partial charge in [-0.1, -0.05) is 32.0 Å². The number of anilines is 2. The fourth-order valence-corrected chi connectivity index (χ4v) is 4.78. The summed E-state index contributed by atoms with van der Waals surface area (Å²) in [6, 6.07) is 9.82. The van der Waals surface area contributed by atoms with Gasteiger partial charge in [0.25, 0.3) is 0 Å². The number of carbonyl (C=O) groups excluding carboxylic acids is 1. The summed E-state index contributed by atoms with van der Waals surface area (Å²) in [6.07, 6.45) is 2.61. The van der Waals surface area contributed by atoms with Gasteiger partial charge in [0, 0.05) is 11.8 Å². The van der Waals surface area contributed by atoms with Crippen LogP contribution in [-0.2, 0) is 27.7 Å². The third-order valence-electron chi connectivity index (χ3n) is 5.12. The van der Waals surface area contributed by atoms with E-state index in [1.54, 1.807) is 25.1 Å². The van der Waals surface area contributed by atoms with Gasteiger partial charge >= 0.3 is 0 Å². The number of rotatable bonds is 7. The number of benzene rings is 2. The summed E-state index contributed by atoms with van der Waals surface area (Å²) in [4.78, 5) is 13.1. The number of hydrogen-bond acceptors (Lipinski definition) is 5. The number of ether oxygens (including phenoxy) is 2. The molecule has 0 unspecified atom stereocenters. The first kappa shape index (κ1) is 22.0. The summed E-state index contributed by atoms with van der Waals surface area (Å²) in [6.45, 7) is 6.45. The lowest BCUT2D eigenvalue weighted by atomic mass is 10.0. The van der Waals surface area contributed by atoms with Gasteiger partial charge in [-0.15, -0.1) is 0 Å². The maximum atomic E-state index is 13.1. The highest BCUT2D eigenvalue weighted by Gasteiger charge is 2.31. The van der Waals surface area contributed by atoms with Gasteiger partial charge in [-0.2, -0.15) is 0 Å². The molecule has 7 nitrogen and oxygen atoms in total. The fourth-order valence-electron chi connectivity index (χ4n) is 3.61. The SMILES string of the molecule is CCc1cccc(CC)c1NC(=O)[C@@H](C)N(c1ccc2c(c1)OCCO2)S(C)(=O)=O. The number of nitrogens with zero attached hydrogens (tertiary/aromatic N) is 1. The molecule has 1 amide bonds. The van der Waals surface area contributed by atoms with Gasteiger partial charge in [-0.05, 0) is 43.0 Å². The zero-order chi connectivity index (χ0) is 21.9. The molecule has 2 aromatic rings. The molecule has 1 atom stereocenters. The van der Waals surface area contributed by atoms with E-state index in [2.05, 4.69) is 5.32 Å². The van der Waals surface area contributed by atoms with E-state index in [-0.39, 0.29) is 0 Å². The Hall–Kier alpha value is -2.74. The molecule has 162 valence electrons. The first-order chi connectivity index (χ1) is 14.3. The second-order valence-electron chi connectivity index (χ2n) is 7.21. The van der Waals surface area contributed by atoms with Crippen LogP contribution in [0.2, 0.25) is 0 Å². The summed E-state index contributed by atoms with van der Waals surface area (Å²) in [5.74, 6) is 0.621. The molecule has 8 heteroatoms. The number of nitrogens with one attached hydrogen (secondary N) is 1. The Morgan fingerprint density at radius 2 is 1.67 bits per heavy atom. The van der Waals surface area contributed by atoms with E-state index >= 15 is 0 Å². The van der Waals surface area contributed by atoms with Crippen LogP contribution < -0.4 is 19.1 Å². The van der Waals surface area contributed by atoms with Crippen LogP contribution in [0.1, 0.15) is 31.9 Å². The van der Waals surface area contributed by atoms with E-state index in [0.717, 1.165) is 40.2 Å². The van der Waals surface area contributed by atoms with Gasteiger partial charge in [0.2, 0.25) is 15.9 Å². The Morgan fingerprint density at radius 1 is 1.07 bits per heavy atom. The summed E-state index contributed by atoms with van der Waals surface area (Å²) >= 11 is 0. The molecule has 1 heterocycles. The van der Waals surface area contributed by atoms with Crippen molar-refractivity contribution in [2.75, 3.05) is 29.1 Å². The highest BCUT2D eigenvalue weighted by molar-refractivity contribution is 7.92. The molecule has 0 fully saturated rings. The molecule has 0 saturated carbocycles. The molecule has 1 aliphatic rings. The Morgan fingerprint density at radius 3 is 2.23 bits per heavy atom. The van der Waals surface area contributed by atoms with Crippen LogP contribution in [0.5, 0.6) is 11.5 Å². The van der Waals surface area contributed by atoms with Crippen LogP contribution in [0.25, 0.3) is 0 Å². The zero-order valence-corrected chi connectivity index (χ0v) is 18.6. The van der Waals surface area contributed by atoms with Crippen molar-refractivity contribution in [1.82, 2.24) is 0 Å². The molecule has 2 aromatic carbocycles. The van der Waals surface area contributed by atoms with Crippen molar-refractivity contribution in [2.24, 2.45) is 0 Å². The molecule has 1 N–H and O–H groups in total. The molecule has 0 radical (unpaired) electrons. The van der Waals surface area contributed by atoms with Crippen LogP contribution >= 0.6 is 0 Å². The molecule has 1 aliphatic heterocycles. The third-order valence-corrected chi connectivity index (χ3v) is 6.36. The van der Waals surface area contributed by atoms with Gasteiger partial charge in [-0.25, -0.2) is 8.42 Å². The average Bonchev–Trinajstić information content (AvgIpc) is 2.72. The molecule has 0 saturated heterocycles. The van der Waals surface area contributed by atoms with E-state index in [4.69, 9.17) is 9.47 Å². The van der Waals surface area contributed by atoms with E-state index in [1.165, 1.54) is 0 Å². The van der Waals surface area contributed by atoms with Gasteiger partial charge < -0.3 is 14.8 Å². The van der Waals surface area contributed by atoms with Crippen LogP contribution in [0.3, 0.4) is 0 Å². The molecule has 3 rings (SSSR count). The molecular formula is C22H28N2O5S. The lowest BCUT2D eigenvalue weighted by Gasteiger charge is -2.30. The Labute approximate surface area is 178 Å². The van der Waals surface area contributed by atoms with Crippen molar-refractivity contribution in [3.63, 3.8) is 0 Å². The molecule has 0 aromatic heterocycles. The second-order valence-corrected chi connectivity index (χ2v) is 9.07. The summed E-state index contributed by atoms with van der Waals surface area (Å²) in [5, 5.41) is 2.96. The van der Waals surface area contributed by atoms with Crippen molar-refractivity contribution in [1.29, 1.82) is 0 Å². The van der Waals surface area contributed by atoms with Gasteiger partial charge in [0.1, 0.15) is 19.3 Å². The first-order valence-electron chi connectivity index (χ1n) is 10.1. The van der Waals surface area contributed by atoms with E-state index < -0.39 is 22.0 Å². The largest absolute Gasteiger partial charge is 0.486 e. The van der Waals surface area contributed by atoms with Crippen molar-refractivity contribution in [3.05, 3.63) is 47.5 Å². The monoisotopic (exact) mass is 432 g/mol. The van der Waals surface area contributed by atoms with Gasteiger partial charge in [-0.3, -0.25) is 9.10 Å². The van der Waals surface area contributed by atoms with E-state index in [0.29, 0.717) is 30.4 Å². The number of para-hydroxylation sites is 1. The molecule has 0 spiro atoms. The highest BCUT2D eigenvalue weighted by atomic mass is 32.2. The summed E-state index contributed by atoms with van der Waals surface area (Å²) in [5.41, 5.74) is 3.14. The number of fused-ring (bicyclic) bond motifs is 1. The summed E-state index contributed by atoms with van der Waals surface area (Å²) < 4.78 is 37.4. The average molecular weight is 433 g/mol. The standard InChI is InChI=1S/C22H28N2O5S/c1-5-16-8-7-9-17(6-2)21(16)23-22(25)15(3)24(30(4,26)27)18-10-11-19-20(14-18)29-13-12-28-19/h7-11,14-15H,5-6,12-13H2,1-4H3,(H,23,25)/t15-/m1/s1. The Bertz CT molecular complexity index is 1010. The lowest BCUT2D eigenvalue weighted by Crippen LogP contribution is -2.45. The van der Waals surface area contributed by atoms with E-state index in [1.807, 2.05) is 32.0 Å². The Kier molecular flexibility index (Phi) is 6.55. The normalized spacial score (nSPS) is 14.1. The quantitative estimate of drug-likeness (QED) is 0.725. The maximum Gasteiger partial charge on any atom is 0.248 e. The minimum atomic E-state index is -3.74. The van der Waals surface area contributed by atoms with Crippen molar-refractivity contribution < 1.29 is 22.7 Å². The first-order valence-corrected chi connectivity index (χ1v) is 11.9. The number of sulfonamides is 1. The van der Waals surface area contributed by atoms with Crippen molar-refractivity contribution in [2.45, 2.75) is 39.7 Å². The molecule has 0 bridgehead atoms. The number of hydrogen-bond donors (Lipinski definition) is 1. The highest BCUT2D eigenvalue weighted by Crippen LogP contribution is 2.35. The second kappa shape index (κ2) is 8.95. The van der Waals surface area contributed by atoms with Crippen LogP contribution in [0.4, 0.5) is 11.4 Å². The van der Waals surface area contributed by atoms with Crippen LogP contribution in [-0.4, -0.2) is 39.8 Å². The molecular weight excluding hydrogens is 404 g/mol. The fraction of sp³-hybridized carbons (Fsp3) is 0.409. The predicted molar refractivity (Wildman–Crippen MR) is 118 cm³/mol. The predicted octanol–water partition coefficient (Wildman–Crippen LogP) is 3.38. The molecule has 30 heavy (non-hydrogen) atoms. The third kappa shape index (κ3) is 4.53. The van der Waals surface area contributed by atoms with Gasteiger partial charge in [0.15, 0.2) is 11.5 Å². The number of carbonyl (C=O) groups is 1. The maximum absolute atomic E-state index is 13.1. The smallest absolute Gasteiger partial charge is 0.248 e. The topological polar surface area (TPSA) is 84.9 Å². The van der Waals surface area contributed by atoms with Crippen LogP contribution in [0.15, 0.2) is 36.4 Å². The zero-order valence-electron chi connectivity index (χ0n) is 17.8. The molecule has 0 aliphatic carbocycles. The Balaban J connectivity index is 1.94.